The van der Waals surface area contributed by atoms with E-state index in [1.165, 1.54) is 24.6 Å². The van der Waals surface area contributed by atoms with Crippen LogP contribution >= 0.6 is 11.8 Å². The van der Waals surface area contributed by atoms with Crippen molar-refractivity contribution in [1.29, 1.82) is 0 Å². The summed E-state index contributed by atoms with van der Waals surface area (Å²) in [4.78, 5) is 14.4. The number of thioether (sulfide) groups is 1. The number of hydrogen-bond acceptors (Lipinski definition) is 6. The second kappa shape index (κ2) is 10.1. The predicted molar refractivity (Wildman–Crippen MR) is 126 cm³/mol. The molecule has 0 N–H and O–H groups in total. The van der Waals surface area contributed by atoms with Crippen molar-refractivity contribution in [1.82, 2.24) is 19.7 Å². The van der Waals surface area contributed by atoms with Crippen LogP contribution in [0.3, 0.4) is 0 Å². The predicted octanol–water partition coefficient (Wildman–Crippen LogP) is 4.30. The second-order valence-electron chi connectivity index (χ2n) is 7.80. The van der Waals surface area contributed by atoms with Crippen LogP contribution in [0, 0.1) is 5.92 Å². The summed E-state index contributed by atoms with van der Waals surface area (Å²) in [6, 6.07) is 15.5. The third kappa shape index (κ3) is 5.24. The van der Waals surface area contributed by atoms with Gasteiger partial charge in [0.05, 0.1) is 19.5 Å². The molecular formula is C24H28N4O3S. The molecule has 1 amide bonds. The lowest BCUT2D eigenvalue weighted by atomic mass is 10.2. The van der Waals surface area contributed by atoms with E-state index in [4.69, 9.17) is 9.47 Å². The summed E-state index contributed by atoms with van der Waals surface area (Å²) in [7, 11) is 3.52. The van der Waals surface area contributed by atoms with Gasteiger partial charge in [-0.15, -0.1) is 10.2 Å². The molecule has 0 unspecified atom stereocenters. The molecule has 0 aliphatic heterocycles. The molecule has 32 heavy (non-hydrogen) atoms. The molecule has 8 heteroatoms. The van der Waals surface area contributed by atoms with Crippen molar-refractivity contribution in [3.8, 4) is 28.6 Å². The van der Waals surface area contributed by atoms with Gasteiger partial charge in [0.1, 0.15) is 11.5 Å². The molecule has 0 bridgehead atoms. The summed E-state index contributed by atoms with van der Waals surface area (Å²) in [5.74, 6) is 3.39. The van der Waals surface area contributed by atoms with Gasteiger partial charge >= 0.3 is 0 Å². The van der Waals surface area contributed by atoms with Crippen molar-refractivity contribution < 1.29 is 14.3 Å². The Kier molecular flexibility index (Phi) is 6.99. The van der Waals surface area contributed by atoms with E-state index in [2.05, 4.69) is 10.2 Å². The Labute approximate surface area is 192 Å². The van der Waals surface area contributed by atoms with Gasteiger partial charge < -0.3 is 14.4 Å². The van der Waals surface area contributed by atoms with E-state index in [-0.39, 0.29) is 5.91 Å². The Hall–Kier alpha value is -3.00. The van der Waals surface area contributed by atoms with Gasteiger partial charge in [0, 0.05) is 24.8 Å². The summed E-state index contributed by atoms with van der Waals surface area (Å²) in [6.45, 7) is 3.41. The number of rotatable bonds is 10. The van der Waals surface area contributed by atoms with Gasteiger partial charge in [0.2, 0.25) is 5.91 Å². The molecule has 0 spiro atoms. The van der Waals surface area contributed by atoms with E-state index in [9.17, 15) is 4.79 Å². The highest BCUT2D eigenvalue weighted by molar-refractivity contribution is 7.99. The van der Waals surface area contributed by atoms with Crippen LogP contribution in [0.2, 0.25) is 0 Å². The van der Waals surface area contributed by atoms with Gasteiger partial charge in [-0.25, -0.2) is 0 Å². The molecule has 3 aromatic rings. The molecule has 1 fully saturated rings. The maximum absolute atomic E-state index is 12.6. The van der Waals surface area contributed by atoms with Gasteiger partial charge in [-0.2, -0.15) is 0 Å². The summed E-state index contributed by atoms with van der Waals surface area (Å²) >= 11 is 1.41. The second-order valence-corrected chi connectivity index (χ2v) is 8.75. The van der Waals surface area contributed by atoms with E-state index in [0.717, 1.165) is 29.3 Å². The van der Waals surface area contributed by atoms with Crippen LogP contribution in [0.4, 0.5) is 0 Å². The van der Waals surface area contributed by atoms with Crippen molar-refractivity contribution in [2.75, 3.05) is 33.1 Å². The Balaban J connectivity index is 1.61. The van der Waals surface area contributed by atoms with E-state index >= 15 is 0 Å². The molecule has 168 valence electrons. The zero-order valence-electron chi connectivity index (χ0n) is 18.7. The minimum absolute atomic E-state index is 0.106. The lowest BCUT2D eigenvalue weighted by Crippen LogP contribution is -2.30. The number of methoxy groups -OCH3 is 1. The monoisotopic (exact) mass is 452 g/mol. The molecule has 4 rings (SSSR count). The highest BCUT2D eigenvalue weighted by atomic mass is 32.2. The fourth-order valence-corrected chi connectivity index (χ4v) is 4.30. The first kappa shape index (κ1) is 22.2. The van der Waals surface area contributed by atoms with Crippen LogP contribution in [0.25, 0.3) is 17.1 Å². The molecule has 0 radical (unpaired) electrons. The molecule has 7 nitrogen and oxygen atoms in total. The molecule has 1 aromatic heterocycles. The van der Waals surface area contributed by atoms with Crippen LogP contribution < -0.4 is 9.47 Å². The molecule has 1 aliphatic carbocycles. The van der Waals surface area contributed by atoms with Gasteiger partial charge in [-0.1, -0.05) is 11.8 Å². The van der Waals surface area contributed by atoms with Crippen LogP contribution in [-0.2, 0) is 4.79 Å². The van der Waals surface area contributed by atoms with Crippen molar-refractivity contribution in [3.05, 3.63) is 48.5 Å². The minimum Gasteiger partial charge on any atom is -0.497 e. The van der Waals surface area contributed by atoms with Crippen LogP contribution in [0.5, 0.6) is 11.5 Å². The third-order valence-corrected chi connectivity index (χ3v) is 6.28. The smallest absolute Gasteiger partial charge is 0.232 e. The number of amides is 1. The summed E-state index contributed by atoms with van der Waals surface area (Å²) < 4.78 is 12.8. The average Bonchev–Trinajstić information content (AvgIpc) is 3.54. The lowest BCUT2D eigenvalue weighted by Gasteiger charge is -2.16. The van der Waals surface area contributed by atoms with Crippen molar-refractivity contribution in [2.45, 2.75) is 24.9 Å². The fraction of sp³-hybridized carbons (Fsp3) is 0.375. The topological polar surface area (TPSA) is 69.5 Å². The third-order valence-electron chi connectivity index (χ3n) is 5.37. The number of benzene rings is 2. The quantitative estimate of drug-likeness (QED) is 0.427. The number of carbonyl (C=O) groups excluding carboxylic acids is 1. The molecule has 2 aromatic carbocycles. The average molecular weight is 453 g/mol. The highest BCUT2D eigenvalue weighted by Gasteiger charge is 2.25. The maximum Gasteiger partial charge on any atom is 0.232 e. The zero-order valence-corrected chi connectivity index (χ0v) is 19.5. The van der Waals surface area contributed by atoms with E-state index in [1.807, 2.05) is 72.0 Å². The number of hydrogen-bond donors (Lipinski definition) is 0. The van der Waals surface area contributed by atoms with E-state index in [0.29, 0.717) is 29.3 Å². The Morgan fingerprint density at radius 1 is 1.09 bits per heavy atom. The summed E-state index contributed by atoms with van der Waals surface area (Å²) in [5, 5.41) is 9.55. The number of carbonyl (C=O) groups is 1. The first-order valence-electron chi connectivity index (χ1n) is 10.8. The van der Waals surface area contributed by atoms with Crippen LogP contribution in [0.1, 0.15) is 19.8 Å². The van der Waals surface area contributed by atoms with Gasteiger partial charge in [0.15, 0.2) is 11.0 Å². The molecule has 1 aliphatic rings. The Bertz CT molecular complexity index is 1050. The fourth-order valence-electron chi connectivity index (χ4n) is 3.41. The highest BCUT2D eigenvalue weighted by Crippen LogP contribution is 2.31. The molecular weight excluding hydrogens is 424 g/mol. The Morgan fingerprint density at radius 3 is 2.41 bits per heavy atom. The standard InChI is InChI=1S/C24H28N4O3S/c1-4-31-21-13-9-19(10-14-21)28-23(18-7-11-20(30-3)12-8-18)25-26-24(28)32-16-22(29)27(2)15-17-5-6-17/h7-14,17H,4-6,15-16H2,1-3H3. The summed E-state index contributed by atoms with van der Waals surface area (Å²) in [5.41, 5.74) is 1.82. The molecule has 0 saturated heterocycles. The van der Waals surface area contributed by atoms with E-state index in [1.54, 1.807) is 7.11 Å². The molecule has 0 atom stereocenters. The van der Waals surface area contributed by atoms with Crippen molar-refractivity contribution in [3.63, 3.8) is 0 Å². The zero-order chi connectivity index (χ0) is 22.5. The van der Waals surface area contributed by atoms with Crippen LogP contribution in [0.15, 0.2) is 53.7 Å². The lowest BCUT2D eigenvalue weighted by molar-refractivity contribution is -0.127. The largest absolute Gasteiger partial charge is 0.497 e. The Morgan fingerprint density at radius 2 is 1.78 bits per heavy atom. The van der Waals surface area contributed by atoms with Gasteiger partial charge in [0.25, 0.3) is 0 Å². The number of nitrogens with zero attached hydrogens (tertiary/aromatic N) is 4. The normalized spacial score (nSPS) is 13.1. The number of aromatic nitrogens is 3. The van der Waals surface area contributed by atoms with Gasteiger partial charge in [-0.05, 0) is 74.2 Å². The molecule has 1 saturated carbocycles. The van der Waals surface area contributed by atoms with E-state index < -0.39 is 0 Å². The van der Waals surface area contributed by atoms with Crippen LogP contribution in [-0.4, -0.2) is 58.6 Å². The van der Waals surface area contributed by atoms with Crippen molar-refractivity contribution in [2.24, 2.45) is 5.92 Å². The van der Waals surface area contributed by atoms with Crippen molar-refractivity contribution >= 4 is 17.7 Å². The maximum atomic E-state index is 12.6. The first-order chi connectivity index (χ1) is 15.6. The van der Waals surface area contributed by atoms with Gasteiger partial charge in [-0.3, -0.25) is 9.36 Å². The number of ether oxygens (including phenoxy) is 2. The molecule has 1 heterocycles. The SMILES string of the molecule is CCOc1ccc(-n2c(SCC(=O)N(C)CC3CC3)nnc2-c2ccc(OC)cc2)cc1. The summed E-state index contributed by atoms with van der Waals surface area (Å²) in [6.07, 6.45) is 2.45. The minimum atomic E-state index is 0.106. The first-order valence-corrected chi connectivity index (χ1v) is 11.8.